The highest BCUT2D eigenvalue weighted by Gasteiger charge is 2.31. The zero-order chi connectivity index (χ0) is 18.6. The lowest BCUT2D eigenvalue weighted by Crippen LogP contribution is -2.28. The predicted molar refractivity (Wildman–Crippen MR) is 84.8 cm³/mol. The van der Waals surface area contributed by atoms with Crippen molar-refractivity contribution in [1.82, 2.24) is 5.32 Å². The van der Waals surface area contributed by atoms with Crippen LogP contribution in [0.5, 0.6) is 5.75 Å². The maximum Gasteiger partial charge on any atom is 0.573 e. The molecule has 0 aromatic heterocycles. The van der Waals surface area contributed by atoms with Gasteiger partial charge in [0, 0.05) is 10.6 Å². The van der Waals surface area contributed by atoms with E-state index in [0.29, 0.717) is 5.56 Å². The topological polar surface area (TPSA) is 38.3 Å². The molecule has 1 N–H and O–H groups in total. The van der Waals surface area contributed by atoms with Crippen LogP contribution in [0, 0.1) is 5.82 Å². The molecule has 0 fully saturated rings. The zero-order valence-corrected chi connectivity index (χ0v) is 13.8. The summed E-state index contributed by atoms with van der Waals surface area (Å²) in [6.07, 6.45) is -5.01. The van der Waals surface area contributed by atoms with Gasteiger partial charge in [0.15, 0.2) is 0 Å². The molecule has 2 aromatic rings. The normalized spacial score (nSPS) is 12.6. The van der Waals surface area contributed by atoms with Crippen LogP contribution in [-0.2, 0) is 11.2 Å². The van der Waals surface area contributed by atoms with E-state index < -0.39 is 24.1 Å². The smallest absolute Gasteiger partial charge is 0.406 e. The van der Waals surface area contributed by atoms with E-state index >= 15 is 0 Å². The Balaban J connectivity index is 1.99. The Morgan fingerprint density at radius 3 is 2.40 bits per heavy atom. The number of benzene rings is 2. The van der Waals surface area contributed by atoms with Gasteiger partial charge in [-0.1, -0.05) is 29.8 Å². The lowest BCUT2D eigenvalue weighted by atomic mass is 10.1. The highest BCUT2D eigenvalue weighted by atomic mass is 35.5. The second-order valence-corrected chi connectivity index (χ2v) is 5.69. The highest BCUT2D eigenvalue weighted by Crippen LogP contribution is 2.24. The molecule has 0 radical (unpaired) electrons. The summed E-state index contributed by atoms with van der Waals surface area (Å²) in [5, 5.41) is 2.79. The van der Waals surface area contributed by atoms with E-state index in [0.717, 1.165) is 12.1 Å². The first kappa shape index (κ1) is 19.1. The summed E-state index contributed by atoms with van der Waals surface area (Å²) in [5.74, 6) is -1.40. The van der Waals surface area contributed by atoms with Crippen molar-refractivity contribution in [2.24, 2.45) is 0 Å². The number of carbonyl (C=O) groups excluding carboxylic acids is 1. The molecule has 25 heavy (non-hydrogen) atoms. The SMILES string of the molecule is CC(NC(=O)Cc1c(F)cccc1Cl)c1ccc(OC(F)(F)F)cc1. The molecule has 0 saturated carbocycles. The van der Waals surface area contributed by atoms with Crippen molar-refractivity contribution in [2.75, 3.05) is 0 Å². The summed E-state index contributed by atoms with van der Waals surface area (Å²) in [7, 11) is 0. The van der Waals surface area contributed by atoms with Gasteiger partial charge in [0.1, 0.15) is 11.6 Å². The third kappa shape index (κ3) is 5.63. The van der Waals surface area contributed by atoms with Crippen molar-refractivity contribution in [2.45, 2.75) is 25.7 Å². The number of hydrogen-bond donors (Lipinski definition) is 1. The molecule has 0 saturated heterocycles. The molecule has 1 atom stereocenters. The number of amides is 1. The molecule has 0 bridgehead atoms. The molecular weight excluding hydrogens is 362 g/mol. The first-order valence-electron chi connectivity index (χ1n) is 7.23. The minimum absolute atomic E-state index is 0.0859. The fourth-order valence-corrected chi connectivity index (χ4v) is 2.43. The first-order valence-corrected chi connectivity index (χ1v) is 7.61. The average Bonchev–Trinajstić information content (AvgIpc) is 2.50. The van der Waals surface area contributed by atoms with E-state index in [-0.39, 0.29) is 22.8 Å². The summed E-state index contributed by atoms with van der Waals surface area (Å²) in [4.78, 5) is 12.0. The van der Waals surface area contributed by atoms with Crippen LogP contribution >= 0.6 is 11.6 Å². The minimum Gasteiger partial charge on any atom is -0.406 e. The summed E-state index contributed by atoms with van der Waals surface area (Å²) < 4.78 is 53.8. The van der Waals surface area contributed by atoms with E-state index in [2.05, 4.69) is 10.1 Å². The minimum atomic E-state index is -4.76. The molecule has 0 aliphatic rings. The molecule has 2 aromatic carbocycles. The van der Waals surface area contributed by atoms with Crippen LogP contribution in [-0.4, -0.2) is 12.3 Å². The van der Waals surface area contributed by atoms with Crippen LogP contribution in [0.1, 0.15) is 24.1 Å². The second-order valence-electron chi connectivity index (χ2n) is 5.28. The number of alkyl halides is 3. The largest absolute Gasteiger partial charge is 0.573 e. The third-order valence-corrected chi connectivity index (χ3v) is 3.74. The van der Waals surface area contributed by atoms with Gasteiger partial charge in [0.05, 0.1) is 12.5 Å². The molecular formula is C17H14ClF4NO2. The number of carbonyl (C=O) groups is 1. The molecule has 1 amide bonds. The molecule has 8 heteroatoms. The molecule has 3 nitrogen and oxygen atoms in total. The van der Waals surface area contributed by atoms with E-state index in [1.807, 2.05) is 0 Å². The maximum atomic E-state index is 13.7. The summed E-state index contributed by atoms with van der Waals surface area (Å²) in [5.41, 5.74) is 0.658. The Kier molecular flexibility index (Phi) is 5.89. The summed E-state index contributed by atoms with van der Waals surface area (Å²) >= 11 is 5.87. The Hall–Kier alpha value is -2.28. The Morgan fingerprint density at radius 1 is 1.20 bits per heavy atom. The fourth-order valence-electron chi connectivity index (χ4n) is 2.20. The number of ether oxygens (including phenoxy) is 1. The van der Waals surface area contributed by atoms with Gasteiger partial charge in [-0.2, -0.15) is 0 Å². The lowest BCUT2D eigenvalue weighted by Gasteiger charge is -2.16. The third-order valence-electron chi connectivity index (χ3n) is 3.39. The van der Waals surface area contributed by atoms with Crippen molar-refractivity contribution in [3.05, 3.63) is 64.4 Å². The molecule has 0 aliphatic carbocycles. The van der Waals surface area contributed by atoms with Gasteiger partial charge in [0.2, 0.25) is 5.91 Å². The average molecular weight is 376 g/mol. The van der Waals surface area contributed by atoms with Gasteiger partial charge in [0.25, 0.3) is 0 Å². The monoisotopic (exact) mass is 375 g/mol. The summed E-state index contributed by atoms with van der Waals surface area (Å²) in [6, 6.07) is 8.75. The molecule has 2 rings (SSSR count). The number of hydrogen-bond acceptors (Lipinski definition) is 2. The van der Waals surface area contributed by atoms with Gasteiger partial charge in [-0.25, -0.2) is 4.39 Å². The fraction of sp³-hybridized carbons (Fsp3) is 0.235. The molecule has 0 spiro atoms. The quantitative estimate of drug-likeness (QED) is 0.762. The van der Waals surface area contributed by atoms with Crippen LogP contribution in [0.15, 0.2) is 42.5 Å². The Labute approximate surface area is 146 Å². The first-order chi connectivity index (χ1) is 11.7. The zero-order valence-electron chi connectivity index (χ0n) is 13.0. The number of nitrogens with one attached hydrogen (secondary N) is 1. The highest BCUT2D eigenvalue weighted by molar-refractivity contribution is 6.31. The Bertz CT molecular complexity index is 727. The van der Waals surface area contributed by atoms with E-state index in [1.54, 1.807) is 6.92 Å². The molecule has 134 valence electrons. The van der Waals surface area contributed by atoms with Crippen molar-refractivity contribution in [1.29, 1.82) is 0 Å². The lowest BCUT2D eigenvalue weighted by molar-refractivity contribution is -0.274. The standard InChI is InChI=1S/C17H14ClF4NO2/c1-10(11-5-7-12(8-6-11)25-17(20,21)22)23-16(24)9-13-14(18)3-2-4-15(13)19/h2-8,10H,9H2,1H3,(H,23,24). The van der Waals surface area contributed by atoms with Crippen LogP contribution in [0.25, 0.3) is 0 Å². The molecule has 1 unspecified atom stereocenters. The van der Waals surface area contributed by atoms with Crippen LogP contribution in [0.2, 0.25) is 5.02 Å². The maximum absolute atomic E-state index is 13.7. The molecule has 0 aliphatic heterocycles. The number of rotatable bonds is 5. The van der Waals surface area contributed by atoms with Crippen LogP contribution in [0.3, 0.4) is 0 Å². The van der Waals surface area contributed by atoms with Crippen LogP contribution < -0.4 is 10.1 Å². The van der Waals surface area contributed by atoms with Gasteiger partial charge in [-0.15, -0.1) is 13.2 Å². The van der Waals surface area contributed by atoms with E-state index in [9.17, 15) is 22.4 Å². The van der Waals surface area contributed by atoms with Gasteiger partial charge >= 0.3 is 6.36 Å². The van der Waals surface area contributed by atoms with E-state index in [4.69, 9.17) is 11.6 Å². The van der Waals surface area contributed by atoms with Crippen LogP contribution in [0.4, 0.5) is 17.6 Å². The van der Waals surface area contributed by atoms with Crippen molar-refractivity contribution < 1.29 is 27.1 Å². The van der Waals surface area contributed by atoms with Crippen molar-refractivity contribution in [3.8, 4) is 5.75 Å². The van der Waals surface area contributed by atoms with Crippen molar-refractivity contribution in [3.63, 3.8) is 0 Å². The summed E-state index contributed by atoms with van der Waals surface area (Å²) in [6.45, 7) is 1.65. The molecule has 0 heterocycles. The predicted octanol–water partition coefficient (Wildman–Crippen LogP) is 4.80. The number of halogens is 5. The van der Waals surface area contributed by atoms with Crippen molar-refractivity contribution >= 4 is 17.5 Å². The second kappa shape index (κ2) is 7.74. The van der Waals surface area contributed by atoms with Gasteiger partial charge in [-0.05, 0) is 36.8 Å². The van der Waals surface area contributed by atoms with E-state index in [1.165, 1.54) is 30.3 Å². The van der Waals surface area contributed by atoms with Gasteiger partial charge < -0.3 is 10.1 Å². The Morgan fingerprint density at radius 2 is 1.84 bits per heavy atom. The van der Waals surface area contributed by atoms with Gasteiger partial charge in [-0.3, -0.25) is 4.79 Å².